The zero-order valence-corrected chi connectivity index (χ0v) is 21.3. The first-order valence-corrected chi connectivity index (χ1v) is 12.7. The first-order valence-electron chi connectivity index (χ1n) is 12.3. The van der Waals surface area contributed by atoms with E-state index in [1.165, 1.54) is 6.08 Å². The van der Waals surface area contributed by atoms with E-state index in [0.717, 1.165) is 32.0 Å². The molecule has 4 amide bonds. The summed E-state index contributed by atoms with van der Waals surface area (Å²) in [7, 11) is 0. The maximum Gasteiger partial charge on any atom is 0.335 e. The molecule has 39 heavy (non-hydrogen) atoms. The van der Waals surface area contributed by atoms with Gasteiger partial charge in [-0.25, -0.2) is 9.69 Å². The van der Waals surface area contributed by atoms with E-state index in [1.54, 1.807) is 24.3 Å². The van der Waals surface area contributed by atoms with Crippen LogP contribution in [0.1, 0.15) is 11.1 Å². The zero-order chi connectivity index (χ0) is 26.9. The molecule has 1 N–H and O–H groups in total. The van der Waals surface area contributed by atoms with Crippen molar-refractivity contribution < 1.29 is 19.1 Å². The highest BCUT2D eigenvalue weighted by Crippen LogP contribution is 2.34. The number of anilines is 1. The smallest absolute Gasteiger partial charge is 0.335 e. The number of rotatable bonds is 5. The molecule has 5 aromatic carbocycles. The number of ether oxygens (including phenoxy) is 1. The van der Waals surface area contributed by atoms with Gasteiger partial charge in [0.2, 0.25) is 0 Å². The Morgan fingerprint density at radius 1 is 0.744 bits per heavy atom. The van der Waals surface area contributed by atoms with Gasteiger partial charge in [-0.15, -0.1) is 0 Å². The Balaban J connectivity index is 1.44. The minimum absolute atomic E-state index is 0.186. The van der Waals surface area contributed by atoms with E-state index in [-0.39, 0.29) is 22.9 Å². The molecule has 0 radical (unpaired) electrons. The Morgan fingerprint density at radius 3 is 2.21 bits per heavy atom. The van der Waals surface area contributed by atoms with Crippen LogP contribution in [0.2, 0.25) is 5.02 Å². The van der Waals surface area contributed by atoms with Gasteiger partial charge in [0.25, 0.3) is 11.8 Å². The second-order valence-corrected chi connectivity index (χ2v) is 9.44. The molecule has 1 aliphatic rings. The lowest BCUT2D eigenvalue weighted by Crippen LogP contribution is -2.54. The third-order valence-electron chi connectivity index (χ3n) is 6.68. The van der Waals surface area contributed by atoms with E-state index in [0.29, 0.717) is 11.3 Å². The van der Waals surface area contributed by atoms with Crippen molar-refractivity contribution in [3.8, 4) is 5.75 Å². The summed E-state index contributed by atoms with van der Waals surface area (Å²) >= 11 is 6.28. The van der Waals surface area contributed by atoms with Gasteiger partial charge in [0.05, 0.1) is 10.7 Å². The van der Waals surface area contributed by atoms with Gasteiger partial charge in [-0.1, -0.05) is 96.5 Å². The van der Waals surface area contributed by atoms with E-state index < -0.39 is 17.8 Å². The van der Waals surface area contributed by atoms with Crippen LogP contribution in [0, 0.1) is 0 Å². The quantitative estimate of drug-likeness (QED) is 0.197. The van der Waals surface area contributed by atoms with Crippen LogP contribution in [0.5, 0.6) is 5.75 Å². The topological polar surface area (TPSA) is 75.7 Å². The normalized spacial score (nSPS) is 14.7. The molecule has 0 unspecified atom stereocenters. The molecule has 1 fully saturated rings. The second kappa shape index (κ2) is 10.1. The Bertz CT molecular complexity index is 1820. The van der Waals surface area contributed by atoms with Crippen LogP contribution in [0.25, 0.3) is 27.6 Å². The van der Waals surface area contributed by atoms with Gasteiger partial charge in [0.1, 0.15) is 17.9 Å². The minimum Gasteiger partial charge on any atom is -0.488 e. The van der Waals surface area contributed by atoms with Crippen molar-refractivity contribution in [1.29, 1.82) is 0 Å². The minimum atomic E-state index is -0.861. The fourth-order valence-electron chi connectivity index (χ4n) is 4.78. The fraction of sp³-hybridized carbons (Fsp3) is 0.0312. The molecular weight excluding hydrogens is 512 g/mol. The average Bonchev–Trinajstić information content (AvgIpc) is 2.95. The summed E-state index contributed by atoms with van der Waals surface area (Å²) in [5.41, 5.74) is 1.54. The van der Waals surface area contributed by atoms with E-state index in [2.05, 4.69) is 5.32 Å². The number of hydrogen-bond acceptors (Lipinski definition) is 4. The number of benzene rings is 5. The highest BCUT2D eigenvalue weighted by Gasteiger charge is 2.38. The van der Waals surface area contributed by atoms with E-state index in [1.807, 2.05) is 78.9 Å². The number of barbiturate groups is 1. The Morgan fingerprint density at radius 2 is 1.41 bits per heavy atom. The van der Waals surface area contributed by atoms with Crippen LogP contribution in [0.3, 0.4) is 0 Å². The van der Waals surface area contributed by atoms with Gasteiger partial charge >= 0.3 is 6.03 Å². The van der Waals surface area contributed by atoms with Crippen LogP contribution in [0.4, 0.5) is 10.5 Å². The SMILES string of the molecule is O=C1NC(=O)N(c2ccccc2Cl)C(=O)/C1=C/c1c(OCc2cccc3ccccc23)ccc2ccccc12. The summed E-state index contributed by atoms with van der Waals surface area (Å²) in [4.78, 5) is 40.0. The Kier molecular flexibility index (Phi) is 6.31. The lowest BCUT2D eigenvalue weighted by Gasteiger charge is -2.27. The summed E-state index contributed by atoms with van der Waals surface area (Å²) in [6.45, 7) is 0.278. The van der Waals surface area contributed by atoms with Gasteiger partial charge in [-0.05, 0) is 51.4 Å². The van der Waals surface area contributed by atoms with Gasteiger partial charge in [-0.3, -0.25) is 14.9 Å². The number of urea groups is 1. The number of hydrogen-bond donors (Lipinski definition) is 1. The monoisotopic (exact) mass is 532 g/mol. The largest absolute Gasteiger partial charge is 0.488 e. The van der Waals surface area contributed by atoms with Crippen LogP contribution in [0.15, 0.2) is 109 Å². The molecule has 0 bridgehead atoms. The second-order valence-electron chi connectivity index (χ2n) is 9.03. The summed E-state index contributed by atoms with van der Waals surface area (Å²) < 4.78 is 6.31. The number of nitrogens with one attached hydrogen (secondary N) is 1. The van der Waals surface area contributed by atoms with E-state index in [4.69, 9.17) is 16.3 Å². The third kappa shape index (κ3) is 4.51. The van der Waals surface area contributed by atoms with Crippen molar-refractivity contribution in [3.63, 3.8) is 0 Å². The molecule has 0 aliphatic carbocycles. The predicted octanol–water partition coefficient (Wildman–Crippen LogP) is 6.89. The first kappa shape index (κ1) is 24.4. The zero-order valence-electron chi connectivity index (χ0n) is 20.6. The van der Waals surface area contributed by atoms with Gasteiger partial charge in [-0.2, -0.15) is 0 Å². The number of carbonyl (C=O) groups excluding carboxylic acids is 3. The number of nitrogens with zero attached hydrogens (tertiary/aromatic N) is 1. The first-order chi connectivity index (χ1) is 19.0. The molecule has 6 rings (SSSR count). The van der Waals surface area contributed by atoms with Crippen molar-refractivity contribution >= 4 is 62.8 Å². The summed E-state index contributed by atoms with van der Waals surface area (Å²) in [5.74, 6) is -1.07. The van der Waals surface area contributed by atoms with Crippen LogP contribution in [-0.4, -0.2) is 17.8 Å². The Labute approximate surface area is 229 Å². The molecule has 0 saturated carbocycles. The molecule has 1 saturated heterocycles. The molecule has 0 aromatic heterocycles. The predicted molar refractivity (Wildman–Crippen MR) is 153 cm³/mol. The molecule has 190 valence electrons. The van der Waals surface area contributed by atoms with Crippen molar-refractivity contribution in [2.45, 2.75) is 6.61 Å². The number of para-hydroxylation sites is 1. The van der Waals surface area contributed by atoms with Crippen LogP contribution in [-0.2, 0) is 16.2 Å². The Hall–Kier alpha value is -4.94. The molecule has 1 heterocycles. The van der Waals surface area contributed by atoms with Crippen LogP contribution < -0.4 is 15.0 Å². The van der Waals surface area contributed by atoms with Crippen molar-refractivity contribution in [1.82, 2.24) is 5.32 Å². The summed E-state index contributed by atoms with van der Waals surface area (Å²) in [5, 5.41) is 6.35. The molecule has 7 heteroatoms. The van der Waals surface area contributed by atoms with Gasteiger partial charge in [0.15, 0.2) is 0 Å². The lowest BCUT2D eigenvalue weighted by atomic mass is 9.99. The van der Waals surface area contributed by atoms with Gasteiger partial charge in [0, 0.05) is 5.56 Å². The van der Waals surface area contributed by atoms with Crippen molar-refractivity contribution in [2.75, 3.05) is 4.90 Å². The number of amides is 4. The van der Waals surface area contributed by atoms with Crippen molar-refractivity contribution in [2.24, 2.45) is 0 Å². The van der Waals surface area contributed by atoms with Crippen molar-refractivity contribution in [3.05, 3.63) is 125 Å². The highest BCUT2D eigenvalue weighted by molar-refractivity contribution is 6.42. The van der Waals surface area contributed by atoms with Gasteiger partial charge < -0.3 is 4.74 Å². The number of imide groups is 2. The van der Waals surface area contributed by atoms with E-state index >= 15 is 0 Å². The number of halogens is 1. The highest BCUT2D eigenvalue weighted by atomic mass is 35.5. The molecule has 5 aromatic rings. The lowest BCUT2D eigenvalue weighted by molar-refractivity contribution is -0.122. The maximum atomic E-state index is 13.6. The average molecular weight is 533 g/mol. The molecule has 0 atom stereocenters. The standard InChI is InChI=1S/C32H21ClN2O4/c33-27-14-5-6-15-28(27)35-31(37)26(30(36)34-32(35)38)18-25-24-13-4-2-9-21(24)16-17-29(25)39-19-22-11-7-10-20-8-1-3-12-23(20)22/h1-18H,19H2,(H,34,36,38)/b26-18+. The molecule has 0 spiro atoms. The maximum absolute atomic E-state index is 13.6. The third-order valence-corrected chi connectivity index (χ3v) is 7.00. The summed E-state index contributed by atoms with van der Waals surface area (Å²) in [6.07, 6.45) is 1.48. The van der Waals surface area contributed by atoms with Crippen LogP contribution >= 0.6 is 11.6 Å². The number of carbonyl (C=O) groups is 3. The van der Waals surface area contributed by atoms with E-state index in [9.17, 15) is 14.4 Å². The molecular formula is C32H21ClN2O4. The number of fused-ring (bicyclic) bond motifs is 2. The molecule has 1 aliphatic heterocycles. The fourth-order valence-corrected chi connectivity index (χ4v) is 5.00. The molecule has 6 nitrogen and oxygen atoms in total. The summed E-state index contributed by atoms with van der Waals surface area (Å²) in [6, 6.07) is 31.1.